The van der Waals surface area contributed by atoms with Gasteiger partial charge in [-0.25, -0.2) is 8.78 Å². The lowest BCUT2D eigenvalue weighted by Crippen LogP contribution is -2.03. The van der Waals surface area contributed by atoms with Crippen molar-refractivity contribution in [3.05, 3.63) is 68.7 Å². The van der Waals surface area contributed by atoms with Gasteiger partial charge in [-0.1, -0.05) is 11.6 Å². The van der Waals surface area contributed by atoms with Crippen molar-refractivity contribution in [2.75, 3.05) is 5.32 Å². The maximum Gasteiger partial charge on any atom is 0.292 e. The highest BCUT2D eigenvalue weighted by Crippen LogP contribution is 2.28. The molecule has 0 amide bonds. The maximum atomic E-state index is 13.0. The summed E-state index contributed by atoms with van der Waals surface area (Å²) in [5.74, 6) is -1.41. The highest BCUT2D eigenvalue weighted by Gasteiger charge is 2.13. The number of nitro benzene ring substituents is 1. The number of nitrogens with zero attached hydrogens (tertiary/aromatic N) is 1. The van der Waals surface area contributed by atoms with Crippen LogP contribution in [0, 0.1) is 21.7 Å². The van der Waals surface area contributed by atoms with Gasteiger partial charge in [-0.2, -0.15) is 0 Å². The normalized spacial score (nSPS) is 10.3. The fourth-order valence-electron chi connectivity index (χ4n) is 1.72. The topological polar surface area (TPSA) is 55.2 Å². The van der Waals surface area contributed by atoms with Crippen LogP contribution in [0.5, 0.6) is 0 Å². The second-order valence-corrected chi connectivity index (χ2v) is 4.49. The van der Waals surface area contributed by atoms with Crippen molar-refractivity contribution in [2.45, 2.75) is 6.54 Å². The van der Waals surface area contributed by atoms with E-state index in [1.807, 2.05) is 0 Å². The van der Waals surface area contributed by atoms with Gasteiger partial charge in [-0.15, -0.1) is 0 Å². The second-order valence-electron chi connectivity index (χ2n) is 4.05. The Labute approximate surface area is 118 Å². The molecule has 0 aliphatic carbocycles. The Morgan fingerprint density at radius 3 is 2.40 bits per heavy atom. The maximum absolute atomic E-state index is 13.0. The number of hydrogen-bond acceptors (Lipinski definition) is 3. The Hall–Kier alpha value is -2.21. The Balaban J connectivity index is 2.22. The van der Waals surface area contributed by atoms with Crippen LogP contribution in [0.25, 0.3) is 0 Å². The van der Waals surface area contributed by atoms with Crippen LogP contribution in [-0.4, -0.2) is 4.92 Å². The lowest BCUT2D eigenvalue weighted by atomic mass is 10.2. The van der Waals surface area contributed by atoms with Crippen molar-refractivity contribution < 1.29 is 13.7 Å². The van der Waals surface area contributed by atoms with E-state index in [-0.39, 0.29) is 17.9 Å². The summed E-state index contributed by atoms with van der Waals surface area (Å²) in [6.45, 7) is 0.0376. The Morgan fingerprint density at radius 2 is 1.80 bits per heavy atom. The molecule has 1 N–H and O–H groups in total. The van der Waals surface area contributed by atoms with Crippen LogP contribution in [0.1, 0.15) is 5.56 Å². The van der Waals surface area contributed by atoms with Crippen LogP contribution in [0.2, 0.25) is 5.02 Å². The zero-order valence-electron chi connectivity index (χ0n) is 10.1. The van der Waals surface area contributed by atoms with Gasteiger partial charge in [-0.05, 0) is 29.8 Å². The number of hydrogen-bond donors (Lipinski definition) is 1. The molecule has 0 radical (unpaired) electrons. The number of nitrogens with one attached hydrogen (secondary N) is 1. The lowest BCUT2D eigenvalue weighted by Gasteiger charge is -2.08. The van der Waals surface area contributed by atoms with E-state index >= 15 is 0 Å². The predicted molar refractivity (Wildman–Crippen MR) is 71.8 cm³/mol. The third kappa shape index (κ3) is 3.42. The molecule has 4 nitrogen and oxygen atoms in total. The van der Waals surface area contributed by atoms with Crippen LogP contribution >= 0.6 is 11.6 Å². The minimum Gasteiger partial charge on any atom is -0.375 e. The highest BCUT2D eigenvalue weighted by molar-refractivity contribution is 6.31. The van der Waals surface area contributed by atoms with Crippen LogP contribution in [0.4, 0.5) is 20.2 Å². The fourth-order valence-corrected chi connectivity index (χ4v) is 1.89. The number of halogens is 3. The summed E-state index contributed by atoms with van der Waals surface area (Å²) in [6, 6.07) is 7.09. The largest absolute Gasteiger partial charge is 0.375 e. The van der Waals surface area contributed by atoms with Gasteiger partial charge in [0.15, 0.2) is 0 Å². The third-order valence-corrected chi connectivity index (χ3v) is 2.80. The summed E-state index contributed by atoms with van der Waals surface area (Å²) < 4.78 is 26.1. The number of benzene rings is 2. The van der Waals surface area contributed by atoms with Gasteiger partial charge in [0.1, 0.15) is 17.3 Å². The second kappa shape index (κ2) is 5.83. The molecular weight excluding hydrogens is 290 g/mol. The van der Waals surface area contributed by atoms with Crippen molar-refractivity contribution in [3.8, 4) is 0 Å². The van der Waals surface area contributed by atoms with Crippen molar-refractivity contribution >= 4 is 23.0 Å². The minimum atomic E-state index is -0.706. The van der Waals surface area contributed by atoms with Crippen LogP contribution < -0.4 is 5.32 Å². The van der Waals surface area contributed by atoms with E-state index in [4.69, 9.17) is 11.6 Å². The molecule has 2 aromatic carbocycles. The molecule has 0 saturated carbocycles. The van der Waals surface area contributed by atoms with E-state index in [0.717, 1.165) is 18.2 Å². The first-order valence-electron chi connectivity index (χ1n) is 5.58. The Morgan fingerprint density at radius 1 is 1.15 bits per heavy atom. The summed E-state index contributed by atoms with van der Waals surface area (Å²) in [5, 5.41) is 13.9. The van der Waals surface area contributed by atoms with E-state index in [1.54, 1.807) is 0 Å². The summed E-state index contributed by atoms with van der Waals surface area (Å²) in [5.41, 5.74) is 0.357. The molecule has 2 rings (SSSR count). The first kappa shape index (κ1) is 14.2. The fraction of sp³-hybridized carbons (Fsp3) is 0.0769. The van der Waals surface area contributed by atoms with E-state index in [1.165, 1.54) is 18.2 Å². The zero-order chi connectivity index (χ0) is 14.7. The molecule has 0 aliphatic rings. The minimum absolute atomic E-state index is 0.0376. The zero-order valence-corrected chi connectivity index (χ0v) is 10.8. The summed E-state index contributed by atoms with van der Waals surface area (Å²) in [4.78, 5) is 10.3. The van der Waals surface area contributed by atoms with Gasteiger partial charge >= 0.3 is 0 Å². The molecule has 104 valence electrons. The monoisotopic (exact) mass is 298 g/mol. The summed E-state index contributed by atoms with van der Waals surface area (Å²) in [6.07, 6.45) is 0. The van der Waals surface area contributed by atoms with Gasteiger partial charge in [0.05, 0.1) is 4.92 Å². The molecule has 2 aromatic rings. The molecule has 20 heavy (non-hydrogen) atoms. The van der Waals surface area contributed by atoms with E-state index in [2.05, 4.69) is 5.32 Å². The van der Waals surface area contributed by atoms with Crippen molar-refractivity contribution in [3.63, 3.8) is 0 Å². The standard InChI is InChI=1S/C13H9ClF2N2O2/c14-9-1-2-13(18(19)20)12(5-9)17-7-8-3-10(15)6-11(16)4-8/h1-6,17H,7H2. The van der Waals surface area contributed by atoms with Gasteiger partial charge < -0.3 is 5.32 Å². The molecule has 0 atom stereocenters. The van der Waals surface area contributed by atoms with Gasteiger partial charge in [-0.3, -0.25) is 10.1 Å². The molecule has 0 heterocycles. The van der Waals surface area contributed by atoms with E-state index in [9.17, 15) is 18.9 Å². The number of nitro groups is 1. The Bertz CT molecular complexity index is 645. The predicted octanol–water partition coefficient (Wildman–Crippen LogP) is 4.14. The van der Waals surface area contributed by atoms with E-state index in [0.29, 0.717) is 10.6 Å². The number of rotatable bonds is 4. The average Bonchev–Trinajstić information content (AvgIpc) is 2.35. The first-order chi connectivity index (χ1) is 9.45. The SMILES string of the molecule is O=[N+]([O-])c1ccc(Cl)cc1NCc1cc(F)cc(F)c1. The van der Waals surface area contributed by atoms with Crippen molar-refractivity contribution in [1.82, 2.24) is 0 Å². The first-order valence-corrected chi connectivity index (χ1v) is 5.96. The molecule has 0 bridgehead atoms. The van der Waals surface area contributed by atoms with Gasteiger partial charge in [0.25, 0.3) is 5.69 Å². The van der Waals surface area contributed by atoms with Gasteiger partial charge in [0, 0.05) is 23.7 Å². The molecule has 7 heteroatoms. The molecule has 0 aromatic heterocycles. The number of anilines is 1. The Kier molecular flexibility index (Phi) is 4.14. The molecular formula is C13H9ClF2N2O2. The highest BCUT2D eigenvalue weighted by atomic mass is 35.5. The van der Waals surface area contributed by atoms with Crippen LogP contribution in [0.3, 0.4) is 0 Å². The molecule has 0 saturated heterocycles. The summed E-state index contributed by atoms with van der Waals surface area (Å²) >= 11 is 5.77. The molecule has 0 aliphatic heterocycles. The van der Waals surface area contributed by atoms with Crippen molar-refractivity contribution in [1.29, 1.82) is 0 Å². The van der Waals surface area contributed by atoms with E-state index < -0.39 is 16.6 Å². The lowest BCUT2D eigenvalue weighted by molar-refractivity contribution is -0.384. The summed E-state index contributed by atoms with van der Waals surface area (Å²) in [7, 11) is 0. The van der Waals surface area contributed by atoms with Gasteiger partial charge in [0.2, 0.25) is 0 Å². The quantitative estimate of drug-likeness (QED) is 0.682. The van der Waals surface area contributed by atoms with Crippen LogP contribution in [0.15, 0.2) is 36.4 Å². The smallest absolute Gasteiger partial charge is 0.292 e. The van der Waals surface area contributed by atoms with Crippen LogP contribution in [-0.2, 0) is 6.54 Å². The molecule has 0 spiro atoms. The average molecular weight is 299 g/mol. The third-order valence-electron chi connectivity index (χ3n) is 2.56. The molecule has 0 unspecified atom stereocenters. The van der Waals surface area contributed by atoms with Crippen molar-refractivity contribution in [2.24, 2.45) is 0 Å². The molecule has 0 fully saturated rings.